The van der Waals surface area contributed by atoms with Gasteiger partial charge in [0.2, 0.25) is 11.0 Å². The highest BCUT2D eigenvalue weighted by molar-refractivity contribution is 7.09. The van der Waals surface area contributed by atoms with Crippen LogP contribution in [0.25, 0.3) is 0 Å². The number of amides is 1. The maximum atomic E-state index is 12.0. The van der Waals surface area contributed by atoms with Crippen LogP contribution in [-0.4, -0.2) is 48.6 Å². The van der Waals surface area contributed by atoms with Crippen molar-refractivity contribution in [3.8, 4) is 0 Å². The summed E-state index contributed by atoms with van der Waals surface area (Å²) in [6.07, 6.45) is 1.15. The molecular weight excluding hydrogens is 360 g/mol. The van der Waals surface area contributed by atoms with Crippen LogP contribution in [0.15, 0.2) is 24.3 Å². The minimum atomic E-state index is 0.0653. The average Bonchev–Trinajstić information content (AvgIpc) is 3.10. The topological polar surface area (TPSA) is 67.3 Å². The molecule has 0 fully saturated rings. The van der Waals surface area contributed by atoms with Crippen molar-refractivity contribution in [3.63, 3.8) is 0 Å². The lowest BCUT2D eigenvalue weighted by Gasteiger charge is -2.20. The molecule has 2 aromatic rings. The third kappa shape index (κ3) is 7.64. The number of ether oxygens (including phenoxy) is 1. The summed E-state index contributed by atoms with van der Waals surface area (Å²) in [6, 6.07) is 8.42. The molecule has 7 heteroatoms. The average molecular weight is 391 g/mol. The molecule has 148 valence electrons. The van der Waals surface area contributed by atoms with Crippen molar-refractivity contribution >= 4 is 22.6 Å². The number of methoxy groups -OCH3 is 1. The van der Waals surface area contributed by atoms with Crippen LogP contribution >= 0.6 is 11.5 Å². The Labute approximate surface area is 166 Å². The highest BCUT2D eigenvalue weighted by atomic mass is 32.1. The number of aromatic nitrogens is 2. The van der Waals surface area contributed by atoms with E-state index in [1.807, 2.05) is 0 Å². The monoisotopic (exact) mass is 390 g/mol. The molecule has 0 saturated heterocycles. The van der Waals surface area contributed by atoms with Crippen LogP contribution < -0.4 is 10.2 Å². The summed E-state index contributed by atoms with van der Waals surface area (Å²) < 4.78 is 9.70. The van der Waals surface area contributed by atoms with Crippen molar-refractivity contribution < 1.29 is 9.53 Å². The lowest BCUT2D eigenvalue weighted by Crippen LogP contribution is -2.34. The molecule has 1 aromatic heterocycles. The van der Waals surface area contributed by atoms with E-state index < -0.39 is 0 Å². The van der Waals surface area contributed by atoms with E-state index in [1.54, 1.807) is 7.11 Å². The predicted molar refractivity (Wildman–Crippen MR) is 110 cm³/mol. The van der Waals surface area contributed by atoms with Gasteiger partial charge >= 0.3 is 0 Å². The summed E-state index contributed by atoms with van der Waals surface area (Å²) in [5.74, 6) is 1.33. The molecule has 0 radical (unpaired) electrons. The summed E-state index contributed by atoms with van der Waals surface area (Å²) in [5, 5.41) is 3.80. The van der Waals surface area contributed by atoms with Gasteiger partial charge in [-0.3, -0.25) is 4.79 Å². The number of carbonyl (C=O) groups is 1. The SMILES string of the molecule is COCCN(CCC(=O)NCC(C)C)c1nc(Cc2ccc(C)cc2)ns1. The number of hydrogen-bond acceptors (Lipinski definition) is 6. The van der Waals surface area contributed by atoms with Crippen LogP contribution in [0.2, 0.25) is 0 Å². The summed E-state index contributed by atoms with van der Waals surface area (Å²) in [5.41, 5.74) is 2.44. The quantitative estimate of drug-likeness (QED) is 0.639. The van der Waals surface area contributed by atoms with Crippen molar-refractivity contribution in [3.05, 3.63) is 41.2 Å². The van der Waals surface area contributed by atoms with Crippen molar-refractivity contribution in [1.82, 2.24) is 14.7 Å². The fraction of sp³-hybridized carbons (Fsp3) is 0.550. The zero-order valence-electron chi connectivity index (χ0n) is 16.7. The lowest BCUT2D eigenvalue weighted by molar-refractivity contribution is -0.121. The first-order valence-electron chi connectivity index (χ1n) is 9.36. The number of benzene rings is 1. The van der Waals surface area contributed by atoms with E-state index in [4.69, 9.17) is 4.74 Å². The summed E-state index contributed by atoms with van der Waals surface area (Å²) in [7, 11) is 1.68. The molecule has 0 atom stereocenters. The van der Waals surface area contributed by atoms with Crippen LogP contribution in [-0.2, 0) is 16.0 Å². The highest BCUT2D eigenvalue weighted by Gasteiger charge is 2.14. The minimum absolute atomic E-state index is 0.0653. The third-order valence-corrected chi connectivity index (χ3v) is 4.91. The van der Waals surface area contributed by atoms with Crippen molar-refractivity contribution in [2.24, 2.45) is 5.92 Å². The normalized spacial score (nSPS) is 11.0. The maximum absolute atomic E-state index is 12.0. The number of nitrogens with one attached hydrogen (secondary N) is 1. The van der Waals surface area contributed by atoms with E-state index in [2.05, 4.69) is 64.6 Å². The van der Waals surface area contributed by atoms with E-state index >= 15 is 0 Å². The fourth-order valence-corrected chi connectivity index (χ4v) is 3.22. The number of rotatable bonds is 11. The van der Waals surface area contributed by atoms with Crippen molar-refractivity contribution in [2.75, 3.05) is 38.3 Å². The second kappa shape index (κ2) is 11.0. The van der Waals surface area contributed by atoms with Gasteiger partial charge in [0, 0.05) is 51.1 Å². The third-order valence-electron chi connectivity index (χ3n) is 4.09. The molecule has 0 bridgehead atoms. The minimum Gasteiger partial charge on any atom is -0.383 e. The molecule has 1 aromatic carbocycles. The second-order valence-electron chi connectivity index (χ2n) is 7.08. The Morgan fingerprint density at radius 1 is 1.26 bits per heavy atom. The van der Waals surface area contributed by atoms with Gasteiger partial charge in [-0.15, -0.1) is 0 Å². The van der Waals surface area contributed by atoms with Crippen LogP contribution in [0.4, 0.5) is 5.13 Å². The van der Waals surface area contributed by atoms with Crippen LogP contribution in [0.5, 0.6) is 0 Å². The Morgan fingerprint density at radius 3 is 2.67 bits per heavy atom. The Kier molecular flexibility index (Phi) is 8.67. The number of carbonyl (C=O) groups excluding carboxylic acids is 1. The first-order valence-corrected chi connectivity index (χ1v) is 10.1. The van der Waals surface area contributed by atoms with Gasteiger partial charge in [-0.25, -0.2) is 4.98 Å². The van der Waals surface area contributed by atoms with E-state index in [1.165, 1.54) is 22.7 Å². The van der Waals surface area contributed by atoms with Crippen molar-refractivity contribution in [2.45, 2.75) is 33.6 Å². The summed E-state index contributed by atoms with van der Waals surface area (Å²) in [6.45, 7) is 8.83. The van der Waals surface area contributed by atoms with Gasteiger partial charge in [-0.05, 0) is 18.4 Å². The molecular formula is C20H30N4O2S. The summed E-state index contributed by atoms with van der Waals surface area (Å²) in [4.78, 5) is 18.8. The van der Waals surface area contributed by atoms with Crippen LogP contribution in [0, 0.1) is 12.8 Å². The molecule has 0 aliphatic carbocycles. The Morgan fingerprint density at radius 2 is 2.00 bits per heavy atom. The van der Waals surface area contributed by atoms with Gasteiger partial charge in [-0.1, -0.05) is 43.7 Å². The van der Waals surface area contributed by atoms with E-state index in [0.29, 0.717) is 45.0 Å². The number of hydrogen-bond donors (Lipinski definition) is 1. The van der Waals surface area contributed by atoms with Gasteiger partial charge in [-0.2, -0.15) is 4.37 Å². The standard InChI is InChI=1S/C20H30N4O2S/c1-15(2)14-21-19(25)9-10-24(11-12-26-4)20-22-18(23-27-20)13-17-7-5-16(3)6-8-17/h5-8,15H,9-14H2,1-4H3,(H,21,25). The molecule has 27 heavy (non-hydrogen) atoms. The van der Waals surface area contributed by atoms with Crippen molar-refractivity contribution in [1.29, 1.82) is 0 Å². The van der Waals surface area contributed by atoms with Gasteiger partial charge in [0.1, 0.15) is 5.82 Å². The Balaban J connectivity index is 1.95. The van der Waals surface area contributed by atoms with E-state index in [9.17, 15) is 4.79 Å². The fourth-order valence-electron chi connectivity index (χ4n) is 2.48. The van der Waals surface area contributed by atoms with E-state index in [-0.39, 0.29) is 5.91 Å². The molecule has 6 nitrogen and oxygen atoms in total. The molecule has 1 N–H and O–H groups in total. The maximum Gasteiger partial charge on any atom is 0.221 e. The number of anilines is 1. The van der Waals surface area contributed by atoms with Gasteiger partial charge in [0.15, 0.2) is 0 Å². The largest absolute Gasteiger partial charge is 0.383 e. The molecule has 0 saturated carbocycles. The van der Waals surface area contributed by atoms with Gasteiger partial charge in [0.25, 0.3) is 0 Å². The van der Waals surface area contributed by atoms with Gasteiger partial charge < -0.3 is 15.0 Å². The first kappa shape index (κ1) is 21.3. The van der Waals surface area contributed by atoms with Crippen LogP contribution in [0.1, 0.15) is 37.2 Å². The number of nitrogens with zero attached hydrogens (tertiary/aromatic N) is 3. The second-order valence-corrected chi connectivity index (χ2v) is 7.81. The lowest BCUT2D eigenvalue weighted by atomic mass is 10.1. The van der Waals surface area contributed by atoms with Crippen LogP contribution in [0.3, 0.4) is 0 Å². The zero-order valence-corrected chi connectivity index (χ0v) is 17.5. The molecule has 0 spiro atoms. The zero-order chi connectivity index (χ0) is 19.6. The summed E-state index contributed by atoms with van der Waals surface area (Å²) >= 11 is 1.38. The Bertz CT molecular complexity index is 700. The van der Waals surface area contributed by atoms with E-state index in [0.717, 1.165) is 11.0 Å². The Hall–Kier alpha value is -1.99. The van der Waals surface area contributed by atoms with Gasteiger partial charge in [0.05, 0.1) is 6.61 Å². The molecule has 0 aliphatic heterocycles. The molecule has 1 amide bonds. The predicted octanol–water partition coefficient (Wildman–Crippen LogP) is 3.05. The smallest absolute Gasteiger partial charge is 0.221 e. The molecule has 2 rings (SSSR count). The first-order chi connectivity index (χ1) is 13.0. The molecule has 0 unspecified atom stereocenters. The number of aryl methyl sites for hydroxylation is 1. The molecule has 1 heterocycles. The molecule has 0 aliphatic rings. The highest BCUT2D eigenvalue weighted by Crippen LogP contribution is 2.19.